The fourth-order valence-electron chi connectivity index (χ4n) is 1.23. The fourth-order valence-corrected chi connectivity index (χ4v) is 2.27. The lowest BCUT2D eigenvalue weighted by Crippen LogP contribution is -2.33. The SMILES string of the molecule is CC(=O)c1csc(CC(C)(C)OC(N)=O)n1. The molecule has 0 fully saturated rings. The van der Waals surface area contributed by atoms with Gasteiger partial charge in [0.1, 0.15) is 11.3 Å². The van der Waals surface area contributed by atoms with Gasteiger partial charge in [0, 0.05) is 18.7 Å². The molecule has 1 aromatic rings. The normalized spacial score (nSPS) is 11.2. The number of rotatable bonds is 4. The predicted octanol–water partition coefficient (Wildman–Crippen LogP) is 1.76. The first-order valence-electron chi connectivity index (χ1n) is 4.74. The van der Waals surface area contributed by atoms with E-state index in [1.807, 2.05) is 0 Å². The third kappa shape index (κ3) is 3.62. The highest BCUT2D eigenvalue weighted by atomic mass is 32.1. The number of thiazole rings is 1. The van der Waals surface area contributed by atoms with Crippen molar-refractivity contribution >= 4 is 23.2 Å². The highest BCUT2D eigenvalue weighted by Crippen LogP contribution is 2.20. The molecule has 1 heterocycles. The maximum absolute atomic E-state index is 11.0. The Morgan fingerprint density at radius 2 is 2.19 bits per heavy atom. The van der Waals surface area contributed by atoms with Crippen molar-refractivity contribution in [3.05, 3.63) is 16.1 Å². The van der Waals surface area contributed by atoms with Crippen molar-refractivity contribution in [2.75, 3.05) is 0 Å². The highest BCUT2D eigenvalue weighted by molar-refractivity contribution is 7.09. The van der Waals surface area contributed by atoms with Crippen molar-refractivity contribution < 1.29 is 14.3 Å². The van der Waals surface area contributed by atoms with Crippen LogP contribution >= 0.6 is 11.3 Å². The summed E-state index contributed by atoms with van der Waals surface area (Å²) in [6, 6.07) is 0. The van der Waals surface area contributed by atoms with Crippen LogP contribution in [0.4, 0.5) is 4.79 Å². The smallest absolute Gasteiger partial charge is 0.405 e. The topological polar surface area (TPSA) is 82.3 Å². The monoisotopic (exact) mass is 242 g/mol. The molecule has 16 heavy (non-hydrogen) atoms. The average molecular weight is 242 g/mol. The van der Waals surface area contributed by atoms with E-state index in [0.717, 1.165) is 5.01 Å². The number of hydrogen-bond donors (Lipinski definition) is 1. The van der Waals surface area contributed by atoms with Gasteiger partial charge in [0.25, 0.3) is 0 Å². The molecule has 0 spiro atoms. The van der Waals surface area contributed by atoms with Crippen LogP contribution in [0.25, 0.3) is 0 Å². The van der Waals surface area contributed by atoms with Crippen LogP contribution in [0.5, 0.6) is 0 Å². The molecule has 0 aliphatic carbocycles. The van der Waals surface area contributed by atoms with E-state index in [1.165, 1.54) is 18.3 Å². The van der Waals surface area contributed by atoms with Gasteiger partial charge >= 0.3 is 6.09 Å². The quantitative estimate of drug-likeness (QED) is 0.815. The minimum atomic E-state index is -0.812. The van der Waals surface area contributed by atoms with E-state index in [2.05, 4.69) is 4.98 Å². The van der Waals surface area contributed by atoms with Gasteiger partial charge in [-0.2, -0.15) is 0 Å². The van der Waals surface area contributed by atoms with Crippen LogP contribution in [-0.2, 0) is 11.2 Å². The van der Waals surface area contributed by atoms with E-state index >= 15 is 0 Å². The number of ether oxygens (including phenoxy) is 1. The van der Waals surface area contributed by atoms with Crippen molar-refractivity contribution in [3.63, 3.8) is 0 Å². The molecule has 0 aliphatic heterocycles. The Morgan fingerprint density at radius 1 is 1.56 bits per heavy atom. The second kappa shape index (κ2) is 4.61. The molecule has 1 rings (SSSR count). The van der Waals surface area contributed by atoms with Crippen LogP contribution < -0.4 is 5.73 Å². The molecule has 1 amide bonds. The van der Waals surface area contributed by atoms with Crippen LogP contribution in [0.1, 0.15) is 36.3 Å². The van der Waals surface area contributed by atoms with E-state index in [1.54, 1.807) is 19.2 Å². The molecule has 0 saturated heterocycles. The number of primary amides is 1. The molecule has 0 aromatic carbocycles. The van der Waals surface area contributed by atoms with Crippen molar-refractivity contribution in [3.8, 4) is 0 Å². The molecule has 0 radical (unpaired) electrons. The molecule has 0 unspecified atom stereocenters. The van der Waals surface area contributed by atoms with Crippen LogP contribution in [0.2, 0.25) is 0 Å². The molecule has 0 bridgehead atoms. The molecule has 88 valence electrons. The number of carbonyl (C=O) groups excluding carboxylic acids is 2. The zero-order chi connectivity index (χ0) is 12.3. The van der Waals surface area contributed by atoms with E-state index in [4.69, 9.17) is 10.5 Å². The molecule has 0 saturated carbocycles. The molecule has 0 atom stereocenters. The van der Waals surface area contributed by atoms with Gasteiger partial charge in [0.15, 0.2) is 5.78 Å². The van der Waals surface area contributed by atoms with Crippen LogP contribution in [0, 0.1) is 0 Å². The van der Waals surface area contributed by atoms with Gasteiger partial charge in [-0.15, -0.1) is 11.3 Å². The molecular weight excluding hydrogens is 228 g/mol. The van der Waals surface area contributed by atoms with E-state index in [0.29, 0.717) is 12.1 Å². The standard InChI is InChI=1S/C10H14N2O3S/c1-6(13)7-5-16-8(12-7)4-10(2,3)15-9(11)14/h5H,4H2,1-3H3,(H2,11,14). The zero-order valence-electron chi connectivity index (χ0n) is 9.44. The lowest BCUT2D eigenvalue weighted by Gasteiger charge is -2.22. The number of nitrogens with two attached hydrogens (primary N) is 1. The maximum Gasteiger partial charge on any atom is 0.405 e. The number of Topliss-reactive ketones (excluding diaryl/α,β-unsaturated/α-hetero) is 1. The number of carbonyl (C=O) groups is 2. The van der Waals surface area contributed by atoms with Gasteiger partial charge < -0.3 is 10.5 Å². The van der Waals surface area contributed by atoms with Gasteiger partial charge in [-0.3, -0.25) is 4.79 Å². The van der Waals surface area contributed by atoms with Gasteiger partial charge in [-0.05, 0) is 13.8 Å². The molecule has 5 nitrogen and oxygen atoms in total. The van der Waals surface area contributed by atoms with E-state index in [9.17, 15) is 9.59 Å². The summed E-state index contributed by atoms with van der Waals surface area (Å²) >= 11 is 1.37. The Morgan fingerprint density at radius 3 is 2.62 bits per heavy atom. The molecule has 1 aromatic heterocycles. The van der Waals surface area contributed by atoms with Crippen molar-refractivity contribution in [2.24, 2.45) is 5.73 Å². The average Bonchev–Trinajstić information content (AvgIpc) is 2.48. The Labute approximate surface area is 97.6 Å². The summed E-state index contributed by atoms with van der Waals surface area (Å²) in [5, 5.41) is 2.44. The summed E-state index contributed by atoms with van der Waals surface area (Å²) in [6.45, 7) is 4.95. The largest absolute Gasteiger partial charge is 0.443 e. The summed E-state index contributed by atoms with van der Waals surface area (Å²) in [5.74, 6) is -0.0730. The highest BCUT2D eigenvalue weighted by Gasteiger charge is 2.24. The van der Waals surface area contributed by atoms with Gasteiger partial charge in [0.2, 0.25) is 0 Å². The number of amides is 1. The van der Waals surface area contributed by atoms with Gasteiger partial charge in [0.05, 0.1) is 5.01 Å². The van der Waals surface area contributed by atoms with E-state index in [-0.39, 0.29) is 5.78 Å². The first-order valence-corrected chi connectivity index (χ1v) is 5.62. The van der Waals surface area contributed by atoms with Crippen LogP contribution in [-0.4, -0.2) is 22.5 Å². The third-order valence-electron chi connectivity index (χ3n) is 1.87. The molecule has 0 aliphatic rings. The van der Waals surface area contributed by atoms with Crippen LogP contribution in [0.3, 0.4) is 0 Å². The van der Waals surface area contributed by atoms with Crippen LogP contribution in [0.15, 0.2) is 5.38 Å². The summed E-state index contributed by atoms with van der Waals surface area (Å²) in [5.41, 5.74) is 4.68. The maximum atomic E-state index is 11.0. The number of nitrogens with zero attached hydrogens (tertiary/aromatic N) is 1. The zero-order valence-corrected chi connectivity index (χ0v) is 10.3. The number of aromatic nitrogens is 1. The van der Waals surface area contributed by atoms with Crippen molar-refractivity contribution in [1.82, 2.24) is 4.98 Å². The van der Waals surface area contributed by atoms with E-state index < -0.39 is 11.7 Å². The molecule has 2 N–H and O–H groups in total. The number of ketones is 1. The predicted molar refractivity (Wildman–Crippen MR) is 60.6 cm³/mol. The Bertz CT molecular complexity index is 412. The van der Waals surface area contributed by atoms with Crippen molar-refractivity contribution in [2.45, 2.75) is 32.8 Å². The third-order valence-corrected chi connectivity index (χ3v) is 2.72. The lowest BCUT2D eigenvalue weighted by molar-refractivity contribution is 0.0459. The first-order chi connectivity index (χ1) is 7.30. The van der Waals surface area contributed by atoms with Crippen molar-refractivity contribution in [1.29, 1.82) is 0 Å². The lowest BCUT2D eigenvalue weighted by atomic mass is 10.1. The number of hydrogen-bond acceptors (Lipinski definition) is 5. The minimum Gasteiger partial charge on any atom is -0.443 e. The Hall–Kier alpha value is -1.43. The molecular formula is C10H14N2O3S. The minimum absolute atomic E-state index is 0.0730. The Kier molecular flexibility index (Phi) is 3.64. The van der Waals surface area contributed by atoms with Gasteiger partial charge in [-0.1, -0.05) is 0 Å². The first kappa shape index (κ1) is 12.6. The Balaban J connectivity index is 2.72. The second-order valence-corrected chi connectivity index (χ2v) is 4.98. The molecule has 6 heteroatoms. The summed E-state index contributed by atoms with van der Waals surface area (Å²) < 4.78 is 4.93. The second-order valence-electron chi connectivity index (χ2n) is 4.04. The fraction of sp³-hybridized carbons (Fsp3) is 0.500. The summed E-state index contributed by atoms with van der Waals surface area (Å²) in [4.78, 5) is 25.8. The summed E-state index contributed by atoms with van der Waals surface area (Å²) in [7, 11) is 0. The summed E-state index contributed by atoms with van der Waals surface area (Å²) in [6.07, 6.45) is -0.373. The van der Waals surface area contributed by atoms with Gasteiger partial charge in [-0.25, -0.2) is 9.78 Å².